The molecule has 6 nitrogen and oxygen atoms in total. The average molecular weight is 457 g/mol. The highest BCUT2D eigenvalue weighted by Crippen LogP contribution is 2.37. The average Bonchev–Trinajstić information content (AvgIpc) is 3.21. The van der Waals surface area contributed by atoms with Crippen molar-refractivity contribution < 1.29 is 18.3 Å². The number of pyridine rings is 1. The highest BCUT2D eigenvalue weighted by atomic mass is 19.3. The van der Waals surface area contributed by atoms with E-state index in [9.17, 15) is 13.6 Å². The van der Waals surface area contributed by atoms with Crippen LogP contribution in [0.4, 0.5) is 14.5 Å². The van der Waals surface area contributed by atoms with Crippen LogP contribution in [0, 0.1) is 11.8 Å². The van der Waals surface area contributed by atoms with Gasteiger partial charge in [-0.1, -0.05) is 19.9 Å². The molecule has 0 unspecified atom stereocenters. The van der Waals surface area contributed by atoms with Crippen molar-refractivity contribution in [3.8, 4) is 5.75 Å². The van der Waals surface area contributed by atoms with Crippen LogP contribution in [0.25, 0.3) is 10.9 Å². The van der Waals surface area contributed by atoms with E-state index >= 15 is 0 Å². The van der Waals surface area contributed by atoms with Gasteiger partial charge in [-0.2, -0.15) is 13.9 Å². The summed E-state index contributed by atoms with van der Waals surface area (Å²) in [5.41, 5.74) is 0.676. The van der Waals surface area contributed by atoms with Crippen LogP contribution in [0.15, 0.2) is 36.5 Å². The molecule has 2 heterocycles. The van der Waals surface area contributed by atoms with Gasteiger partial charge in [-0.3, -0.25) is 9.48 Å². The number of nitrogens with one attached hydrogen (secondary N) is 1. The zero-order valence-corrected chi connectivity index (χ0v) is 19.4. The molecular formula is C25H30F2N4O2. The lowest BCUT2D eigenvalue weighted by atomic mass is 9.80. The van der Waals surface area contributed by atoms with Crippen molar-refractivity contribution in [3.63, 3.8) is 0 Å². The largest absolute Gasteiger partial charge is 0.494 e. The van der Waals surface area contributed by atoms with E-state index < -0.39 is 17.5 Å². The number of hydrogen-bond donors (Lipinski definition) is 1. The van der Waals surface area contributed by atoms with Gasteiger partial charge in [0.1, 0.15) is 17.1 Å². The number of carbonyl (C=O) groups excluding carboxylic acids is 1. The summed E-state index contributed by atoms with van der Waals surface area (Å²) >= 11 is 0. The highest BCUT2D eigenvalue weighted by molar-refractivity contribution is 6.05. The van der Waals surface area contributed by atoms with Crippen LogP contribution >= 0.6 is 0 Å². The number of nitrogens with zero attached hydrogens (tertiary/aromatic N) is 3. The van der Waals surface area contributed by atoms with Crippen molar-refractivity contribution in [1.29, 1.82) is 0 Å². The number of benzene rings is 1. The lowest BCUT2D eigenvalue weighted by molar-refractivity contribution is 0.0126. The molecule has 1 saturated carbocycles. The van der Waals surface area contributed by atoms with Gasteiger partial charge >= 0.3 is 0 Å². The molecule has 1 aliphatic carbocycles. The molecule has 0 spiro atoms. The zero-order chi connectivity index (χ0) is 23.8. The molecule has 1 aromatic carbocycles. The zero-order valence-electron chi connectivity index (χ0n) is 19.4. The Kier molecular flexibility index (Phi) is 6.36. The maximum absolute atomic E-state index is 13.6. The third-order valence-electron chi connectivity index (χ3n) is 6.58. The van der Waals surface area contributed by atoms with Gasteiger partial charge in [0.15, 0.2) is 0 Å². The first-order valence-electron chi connectivity index (χ1n) is 11.4. The monoisotopic (exact) mass is 456 g/mol. The van der Waals surface area contributed by atoms with Crippen LogP contribution in [-0.4, -0.2) is 27.8 Å². The molecule has 0 saturated heterocycles. The first kappa shape index (κ1) is 23.1. The number of aromatic nitrogens is 3. The molecule has 0 bridgehead atoms. The molecule has 3 aromatic rings. The van der Waals surface area contributed by atoms with E-state index in [0.717, 1.165) is 36.6 Å². The Labute approximate surface area is 192 Å². The van der Waals surface area contributed by atoms with Crippen LogP contribution in [0.1, 0.15) is 68.7 Å². The van der Waals surface area contributed by atoms with Crippen molar-refractivity contribution in [2.24, 2.45) is 11.8 Å². The lowest BCUT2D eigenvalue weighted by Gasteiger charge is -2.30. The Bertz CT molecular complexity index is 1150. The number of fused-ring (bicyclic) bond motifs is 1. The molecule has 1 fully saturated rings. The SMILES string of the molecule is COc1cc2nn(C3CCC(C(C)C)CC3)cc2cc1NC(=O)c1cccc(C(C)(F)F)n1. The van der Waals surface area contributed by atoms with E-state index in [2.05, 4.69) is 24.1 Å². The molecule has 4 rings (SSSR count). The van der Waals surface area contributed by atoms with E-state index in [4.69, 9.17) is 9.84 Å². The second kappa shape index (κ2) is 9.08. The van der Waals surface area contributed by atoms with Gasteiger partial charge in [-0.05, 0) is 55.7 Å². The van der Waals surface area contributed by atoms with E-state index in [-0.39, 0.29) is 5.69 Å². The summed E-state index contributed by atoms with van der Waals surface area (Å²) in [6.45, 7) is 5.32. The molecule has 2 aromatic heterocycles. The number of carbonyl (C=O) groups is 1. The second-order valence-electron chi connectivity index (χ2n) is 9.28. The minimum absolute atomic E-state index is 0.0891. The summed E-state index contributed by atoms with van der Waals surface area (Å²) in [6, 6.07) is 7.94. The summed E-state index contributed by atoms with van der Waals surface area (Å²) in [5, 5.41) is 8.38. The molecule has 1 amide bonds. The smallest absolute Gasteiger partial charge is 0.287 e. The summed E-state index contributed by atoms with van der Waals surface area (Å²) in [5.74, 6) is -1.79. The molecule has 8 heteroatoms. The van der Waals surface area contributed by atoms with Gasteiger partial charge < -0.3 is 10.1 Å². The Morgan fingerprint density at radius 2 is 1.94 bits per heavy atom. The van der Waals surface area contributed by atoms with Crippen LogP contribution in [-0.2, 0) is 5.92 Å². The number of rotatable bonds is 6. The molecule has 1 aliphatic rings. The molecule has 0 atom stereocenters. The molecular weight excluding hydrogens is 426 g/mol. The fraction of sp³-hybridized carbons (Fsp3) is 0.480. The van der Waals surface area contributed by atoms with E-state index in [1.165, 1.54) is 38.2 Å². The van der Waals surface area contributed by atoms with Crippen LogP contribution in [0.5, 0.6) is 5.75 Å². The third kappa shape index (κ3) is 4.99. The Morgan fingerprint density at radius 1 is 1.21 bits per heavy atom. The molecule has 0 aliphatic heterocycles. The Morgan fingerprint density at radius 3 is 2.58 bits per heavy atom. The number of hydrogen-bond acceptors (Lipinski definition) is 4. The Hall–Kier alpha value is -3.03. The number of alkyl halides is 2. The lowest BCUT2D eigenvalue weighted by Crippen LogP contribution is -2.21. The highest BCUT2D eigenvalue weighted by Gasteiger charge is 2.27. The van der Waals surface area contributed by atoms with E-state index in [1.807, 2.05) is 10.9 Å². The fourth-order valence-electron chi connectivity index (χ4n) is 4.55. The van der Waals surface area contributed by atoms with Gasteiger partial charge in [0.25, 0.3) is 11.8 Å². The van der Waals surface area contributed by atoms with Gasteiger partial charge in [-0.15, -0.1) is 0 Å². The fourth-order valence-corrected chi connectivity index (χ4v) is 4.55. The standard InChI is InChI=1S/C25H30F2N4O2/c1-15(2)16-8-10-18(11-9-16)31-14-17-12-21(22(33-4)13-20(17)30-31)29-24(32)19-6-5-7-23(28-19)25(3,26)27/h5-7,12-16,18H,8-11H2,1-4H3,(H,29,32). The number of ether oxygens (including phenoxy) is 1. The molecule has 33 heavy (non-hydrogen) atoms. The number of amides is 1. The second-order valence-corrected chi connectivity index (χ2v) is 9.28. The van der Waals surface area contributed by atoms with Crippen LogP contribution in [0.3, 0.4) is 0 Å². The van der Waals surface area contributed by atoms with Crippen molar-refractivity contribution in [2.75, 3.05) is 12.4 Å². The van der Waals surface area contributed by atoms with E-state index in [1.54, 1.807) is 12.1 Å². The number of methoxy groups -OCH3 is 1. The van der Waals surface area contributed by atoms with Crippen molar-refractivity contribution in [1.82, 2.24) is 14.8 Å². The molecule has 176 valence electrons. The topological polar surface area (TPSA) is 69.0 Å². The normalized spacial score (nSPS) is 19.1. The van der Waals surface area contributed by atoms with Gasteiger partial charge in [0.2, 0.25) is 0 Å². The summed E-state index contributed by atoms with van der Waals surface area (Å²) < 4.78 is 34.7. The van der Waals surface area contributed by atoms with Gasteiger partial charge in [0, 0.05) is 24.6 Å². The number of halogens is 2. The Balaban J connectivity index is 1.56. The maximum Gasteiger partial charge on any atom is 0.287 e. The number of anilines is 1. The van der Waals surface area contributed by atoms with Gasteiger partial charge in [0.05, 0.1) is 24.4 Å². The summed E-state index contributed by atoms with van der Waals surface area (Å²) in [7, 11) is 1.51. The van der Waals surface area contributed by atoms with E-state index in [0.29, 0.717) is 23.4 Å². The first-order valence-corrected chi connectivity index (χ1v) is 11.4. The minimum Gasteiger partial charge on any atom is -0.494 e. The van der Waals surface area contributed by atoms with Crippen LogP contribution < -0.4 is 10.1 Å². The maximum atomic E-state index is 13.6. The van der Waals surface area contributed by atoms with Crippen molar-refractivity contribution in [3.05, 3.63) is 47.9 Å². The van der Waals surface area contributed by atoms with Crippen LogP contribution in [0.2, 0.25) is 0 Å². The van der Waals surface area contributed by atoms with Crippen molar-refractivity contribution in [2.45, 2.75) is 58.4 Å². The predicted octanol–water partition coefficient (Wildman–Crippen LogP) is 6.19. The summed E-state index contributed by atoms with van der Waals surface area (Å²) in [4.78, 5) is 16.6. The summed E-state index contributed by atoms with van der Waals surface area (Å²) in [6.07, 6.45) is 6.60. The molecule has 1 N–H and O–H groups in total. The molecule has 0 radical (unpaired) electrons. The quantitative estimate of drug-likeness (QED) is 0.480. The predicted molar refractivity (Wildman–Crippen MR) is 124 cm³/mol. The third-order valence-corrected chi connectivity index (χ3v) is 6.58. The minimum atomic E-state index is -3.13. The van der Waals surface area contributed by atoms with Gasteiger partial charge in [-0.25, -0.2) is 4.98 Å². The first-order chi connectivity index (χ1) is 15.7. The van der Waals surface area contributed by atoms with Crippen molar-refractivity contribution >= 4 is 22.5 Å².